The summed E-state index contributed by atoms with van der Waals surface area (Å²) in [4.78, 5) is 34.3. The zero-order valence-electron chi connectivity index (χ0n) is 12.7. The molecule has 2 aromatic rings. The van der Waals surface area contributed by atoms with Gasteiger partial charge < -0.3 is 24.7 Å². The van der Waals surface area contributed by atoms with E-state index in [1.54, 1.807) is 13.0 Å². The summed E-state index contributed by atoms with van der Waals surface area (Å²) < 4.78 is 5.15. The third-order valence-corrected chi connectivity index (χ3v) is 3.60. The van der Waals surface area contributed by atoms with E-state index in [1.807, 2.05) is 0 Å². The van der Waals surface area contributed by atoms with Crippen LogP contribution in [0.1, 0.15) is 24.5 Å². The molecule has 1 heterocycles. The first-order chi connectivity index (χ1) is 10.8. The summed E-state index contributed by atoms with van der Waals surface area (Å²) >= 11 is 0. The van der Waals surface area contributed by atoms with Crippen LogP contribution in [0.4, 0.5) is 0 Å². The summed E-state index contributed by atoms with van der Waals surface area (Å²) in [7, 11) is 0. The number of carboxylic acids is 1. The van der Waals surface area contributed by atoms with Gasteiger partial charge in [0.1, 0.15) is 11.3 Å². The fraction of sp³-hybridized carbons (Fsp3) is 0.312. The van der Waals surface area contributed by atoms with Gasteiger partial charge in [-0.3, -0.25) is 4.79 Å². The van der Waals surface area contributed by atoms with E-state index >= 15 is 0 Å². The van der Waals surface area contributed by atoms with Gasteiger partial charge >= 0.3 is 5.63 Å². The van der Waals surface area contributed by atoms with Gasteiger partial charge in [0.25, 0.3) is 0 Å². The minimum absolute atomic E-state index is 0.0107. The molecule has 1 aromatic heterocycles. The molecular weight excluding hydrogens is 302 g/mol. The second-order valence-electron chi connectivity index (χ2n) is 5.28. The van der Waals surface area contributed by atoms with Crippen LogP contribution in [0.15, 0.2) is 27.4 Å². The predicted octanol–water partition coefficient (Wildman–Crippen LogP) is -0.00578. The van der Waals surface area contributed by atoms with E-state index in [2.05, 4.69) is 5.32 Å². The van der Waals surface area contributed by atoms with Crippen LogP contribution >= 0.6 is 0 Å². The average Bonchev–Trinajstić information content (AvgIpc) is 2.46. The summed E-state index contributed by atoms with van der Waals surface area (Å²) in [6.45, 7) is 3.03. The molecule has 23 heavy (non-hydrogen) atoms. The molecule has 122 valence electrons. The number of carbonyl (C=O) groups is 2. The van der Waals surface area contributed by atoms with E-state index in [4.69, 9.17) is 4.42 Å². The van der Waals surface area contributed by atoms with Crippen molar-refractivity contribution in [3.05, 3.63) is 39.7 Å². The largest absolute Gasteiger partial charge is 0.548 e. The topological polar surface area (TPSA) is 120 Å². The Morgan fingerprint density at radius 1 is 1.39 bits per heavy atom. The fourth-order valence-corrected chi connectivity index (χ4v) is 2.28. The Morgan fingerprint density at radius 2 is 2.09 bits per heavy atom. The summed E-state index contributed by atoms with van der Waals surface area (Å²) in [6.07, 6.45) is 0.0728. The van der Waals surface area contributed by atoms with Gasteiger partial charge in [-0.15, -0.1) is 0 Å². The number of rotatable bonds is 5. The smallest absolute Gasteiger partial charge is 0.339 e. The number of fused-ring (bicyclic) bond motifs is 1. The maximum atomic E-state index is 12.0. The van der Waals surface area contributed by atoms with Crippen LogP contribution in [0.3, 0.4) is 0 Å². The second-order valence-corrected chi connectivity index (χ2v) is 5.28. The van der Waals surface area contributed by atoms with E-state index in [0.29, 0.717) is 16.5 Å². The SMILES string of the molecule is Cc1c(CCC(=O)N[C@@H](C)C(=O)[O-])c(=O)oc2cc(O)ccc12. The number of phenolic OH excluding ortho intramolecular Hbond substituents is 1. The highest BCUT2D eigenvalue weighted by atomic mass is 16.4. The lowest BCUT2D eigenvalue weighted by Gasteiger charge is -2.14. The maximum absolute atomic E-state index is 12.0. The molecular formula is C16H16NO6-. The van der Waals surface area contributed by atoms with Gasteiger partial charge in [-0.2, -0.15) is 0 Å². The van der Waals surface area contributed by atoms with E-state index < -0.39 is 23.5 Å². The van der Waals surface area contributed by atoms with Gasteiger partial charge in [-0.25, -0.2) is 4.79 Å². The highest BCUT2D eigenvalue weighted by Gasteiger charge is 2.14. The van der Waals surface area contributed by atoms with Crippen LogP contribution in [0.2, 0.25) is 0 Å². The normalized spacial score (nSPS) is 12.1. The van der Waals surface area contributed by atoms with Crippen molar-refractivity contribution in [1.82, 2.24) is 5.32 Å². The van der Waals surface area contributed by atoms with Crippen molar-refractivity contribution in [3.8, 4) is 5.75 Å². The highest BCUT2D eigenvalue weighted by molar-refractivity contribution is 5.84. The molecule has 0 saturated carbocycles. The molecule has 7 heteroatoms. The Balaban J connectivity index is 2.21. The molecule has 1 aromatic carbocycles. The fourth-order valence-electron chi connectivity index (χ4n) is 2.28. The molecule has 0 radical (unpaired) electrons. The standard InChI is InChI=1S/C16H17NO6/c1-8-11-4-3-10(18)7-13(11)23-16(22)12(8)5-6-14(19)17-9(2)15(20)21/h3-4,7,9,18H,5-6H2,1-2H3,(H,17,19)(H,20,21)/p-1/t9-/m0/s1. The number of phenols is 1. The van der Waals surface area contributed by atoms with Gasteiger partial charge in [-0.1, -0.05) is 0 Å². The Morgan fingerprint density at radius 3 is 2.74 bits per heavy atom. The lowest BCUT2D eigenvalue weighted by molar-refractivity contribution is -0.307. The summed E-state index contributed by atoms with van der Waals surface area (Å²) in [6, 6.07) is 3.36. The van der Waals surface area contributed by atoms with Crippen molar-refractivity contribution in [3.63, 3.8) is 0 Å². The number of carbonyl (C=O) groups excluding carboxylic acids is 2. The van der Waals surface area contributed by atoms with Crippen molar-refractivity contribution in [2.24, 2.45) is 0 Å². The number of amides is 1. The first kappa shape index (κ1) is 16.5. The number of carboxylic acid groups (broad SMARTS) is 1. The molecule has 2 rings (SSSR count). The van der Waals surface area contributed by atoms with Crippen LogP contribution < -0.4 is 16.0 Å². The number of hydrogen-bond donors (Lipinski definition) is 2. The summed E-state index contributed by atoms with van der Waals surface area (Å²) in [5.74, 6) is -1.88. The number of aliphatic carboxylic acids is 1. The molecule has 1 atom stereocenters. The third kappa shape index (κ3) is 3.68. The quantitative estimate of drug-likeness (QED) is 0.748. The van der Waals surface area contributed by atoms with Crippen LogP contribution in [0, 0.1) is 6.92 Å². The molecule has 0 fully saturated rings. The second kappa shape index (κ2) is 6.51. The first-order valence-corrected chi connectivity index (χ1v) is 7.05. The average molecular weight is 318 g/mol. The zero-order chi connectivity index (χ0) is 17.1. The number of aryl methyl sites for hydroxylation is 1. The minimum atomic E-state index is -1.38. The van der Waals surface area contributed by atoms with Crippen molar-refractivity contribution >= 4 is 22.8 Å². The molecule has 1 amide bonds. The van der Waals surface area contributed by atoms with Crippen molar-refractivity contribution in [2.75, 3.05) is 0 Å². The van der Waals surface area contributed by atoms with Crippen molar-refractivity contribution in [2.45, 2.75) is 32.7 Å². The Kier molecular flexibility index (Phi) is 4.68. The van der Waals surface area contributed by atoms with E-state index in [0.717, 1.165) is 0 Å². The van der Waals surface area contributed by atoms with E-state index in [9.17, 15) is 24.6 Å². The number of nitrogens with one attached hydrogen (secondary N) is 1. The Labute approximate surface area is 131 Å². The molecule has 0 spiro atoms. The lowest BCUT2D eigenvalue weighted by Crippen LogP contribution is -2.46. The molecule has 7 nitrogen and oxygen atoms in total. The van der Waals surface area contributed by atoms with Crippen LogP contribution in [0.5, 0.6) is 5.75 Å². The number of benzene rings is 1. The van der Waals surface area contributed by atoms with Crippen LogP contribution in [0.25, 0.3) is 11.0 Å². The highest BCUT2D eigenvalue weighted by Crippen LogP contribution is 2.23. The molecule has 0 unspecified atom stereocenters. The maximum Gasteiger partial charge on any atom is 0.339 e. The molecule has 0 aliphatic heterocycles. The van der Waals surface area contributed by atoms with Gasteiger partial charge in [0.05, 0.1) is 12.0 Å². The molecule has 0 aliphatic rings. The van der Waals surface area contributed by atoms with Gasteiger partial charge in [0, 0.05) is 23.4 Å². The lowest BCUT2D eigenvalue weighted by atomic mass is 10.0. The zero-order valence-corrected chi connectivity index (χ0v) is 12.7. The van der Waals surface area contributed by atoms with Gasteiger partial charge in [-0.05, 0) is 38.0 Å². The van der Waals surface area contributed by atoms with Gasteiger partial charge in [0.15, 0.2) is 0 Å². The van der Waals surface area contributed by atoms with Crippen molar-refractivity contribution < 1.29 is 24.2 Å². The molecule has 2 N–H and O–H groups in total. The third-order valence-electron chi connectivity index (χ3n) is 3.60. The number of hydrogen-bond acceptors (Lipinski definition) is 6. The van der Waals surface area contributed by atoms with Crippen LogP contribution in [-0.2, 0) is 16.0 Å². The van der Waals surface area contributed by atoms with E-state index in [1.165, 1.54) is 19.1 Å². The molecule has 0 saturated heterocycles. The summed E-state index contributed by atoms with van der Waals surface area (Å²) in [5.41, 5.74) is 0.698. The van der Waals surface area contributed by atoms with E-state index in [-0.39, 0.29) is 24.2 Å². The molecule has 0 aliphatic carbocycles. The minimum Gasteiger partial charge on any atom is -0.548 e. The predicted molar refractivity (Wildman–Crippen MR) is 79.8 cm³/mol. The Bertz CT molecular complexity index is 823. The molecule has 0 bridgehead atoms. The van der Waals surface area contributed by atoms with Crippen LogP contribution in [-0.4, -0.2) is 23.0 Å². The first-order valence-electron chi connectivity index (χ1n) is 7.05. The summed E-state index contributed by atoms with van der Waals surface area (Å²) in [5, 5.41) is 22.9. The van der Waals surface area contributed by atoms with Crippen molar-refractivity contribution in [1.29, 1.82) is 0 Å². The van der Waals surface area contributed by atoms with Gasteiger partial charge in [0.2, 0.25) is 5.91 Å². The Hall–Kier alpha value is -2.83. The number of aromatic hydroxyl groups is 1. The monoisotopic (exact) mass is 318 g/mol.